The van der Waals surface area contributed by atoms with Gasteiger partial charge in [0.25, 0.3) is 0 Å². The van der Waals surface area contributed by atoms with Crippen molar-refractivity contribution in [2.75, 3.05) is 11.5 Å². The molecule has 4 heteroatoms. The molecule has 0 saturated heterocycles. The predicted molar refractivity (Wildman–Crippen MR) is 51.0 cm³/mol. The van der Waals surface area contributed by atoms with Crippen molar-refractivity contribution in [3.63, 3.8) is 0 Å². The summed E-state index contributed by atoms with van der Waals surface area (Å²) in [5.41, 5.74) is 0. The second kappa shape index (κ2) is 3.96. The van der Waals surface area contributed by atoms with E-state index < -0.39 is 9.84 Å². The summed E-state index contributed by atoms with van der Waals surface area (Å²) in [4.78, 5) is 0.356. The molecule has 0 atom stereocenters. The van der Waals surface area contributed by atoms with Gasteiger partial charge in [-0.15, -0.1) is 0 Å². The van der Waals surface area contributed by atoms with Crippen LogP contribution in [0.2, 0.25) is 0 Å². The highest BCUT2D eigenvalue weighted by Crippen LogP contribution is 2.09. The van der Waals surface area contributed by atoms with E-state index in [-0.39, 0.29) is 11.5 Å². The van der Waals surface area contributed by atoms with Gasteiger partial charge in [-0.25, -0.2) is 8.42 Å². The first-order valence-corrected chi connectivity index (χ1v) is 5.76. The normalized spacial score (nSPS) is 11.4. The average molecular weight is 201 g/mol. The molecular formula is C8H9O2S2. The van der Waals surface area contributed by atoms with Crippen LogP contribution in [0.3, 0.4) is 0 Å². The lowest BCUT2D eigenvalue weighted by molar-refractivity contribution is 0.597. The maximum absolute atomic E-state index is 11.4. The first-order valence-electron chi connectivity index (χ1n) is 3.53. The second-order valence-electron chi connectivity index (χ2n) is 2.34. The average Bonchev–Trinajstić information content (AvgIpc) is 2.06. The summed E-state index contributed by atoms with van der Waals surface area (Å²) in [6.45, 7) is 0. The lowest BCUT2D eigenvalue weighted by atomic mass is 10.4. The third-order valence-corrected chi connectivity index (χ3v) is 3.65. The summed E-state index contributed by atoms with van der Waals surface area (Å²) in [6.07, 6.45) is 0. The largest absolute Gasteiger partial charge is 0.224 e. The van der Waals surface area contributed by atoms with E-state index in [1.807, 2.05) is 0 Å². The molecule has 1 aromatic rings. The molecule has 2 nitrogen and oxygen atoms in total. The SMILES string of the molecule is O=S(=O)(CC[S])c1ccccc1. The summed E-state index contributed by atoms with van der Waals surface area (Å²) < 4.78 is 22.7. The van der Waals surface area contributed by atoms with Crippen LogP contribution in [-0.2, 0) is 9.84 Å². The molecule has 65 valence electrons. The van der Waals surface area contributed by atoms with Gasteiger partial charge >= 0.3 is 0 Å². The summed E-state index contributed by atoms with van der Waals surface area (Å²) in [5.74, 6) is 0.295. The van der Waals surface area contributed by atoms with Crippen LogP contribution in [0, 0.1) is 0 Å². The minimum atomic E-state index is -3.11. The standard InChI is InChI=1S/C8H9O2S2/c9-12(10,7-6-11)8-4-2-1-3-5-8/h1-5H,6-7H2. The van der Waals surface area contributed by atoms with Crippen LogP contribution < -0.4 is 0 Å². The van der Waals surface area contributed by atoms with Crippen molar-refractivity contribution in [2.45, 2.75) is 4.90 Å². The summed E-state index contributed by atoms with van der Waals surface area (Å²) in [6, 6.07) is 8.36. The molecule has 0 spiro atoms. The summed E-state index contributed by atoms with van der Waals surface area (Å²) in [7, 11) is -3.11. The fourth-order valence-electron chi connectivity index (χ4n) is 0.855. The number of hydrogen-bond acceptors (Lipinski definition) is 2. The Bertz CT molecular complexity index is 329. The van der Waals surface area contributed by atoms with E-state index in [4.69, 9.17) is 0 Å². The van der Waals surface area contributed by atoms with Gasteiger partial charge in [0, 0.05) is 5.75 Å². The highest BCUT2D eigenvalue weighted by atomic mass is 32.2. The molecule has 0 amide bonds. The first kappa shape index (κ1) is 9.61. The van der Waals surface area contributed by atoms with Gasteiger partial charge in [0.2, 0.25) is 0 Å². The Morgan fingerprint density at radius 1 is 1.17 bits per heavy atom. The first-order chi connectivity index (χ1) is 5.67. The van der Waals surface area contributed by atoms with Gasteiger partial charge in [0.15, 0.2) is 9.84 Å². The highest BCUT2D eigenvalue weighted by molar-refractivity contribution is 7.92. The third kappa shape index (κ3) is 2.25. The molecule has 0 aliphatic carbocycles. The zero-order valence-corrected chi connectivity index (χ0v) is 8.07. The number of benzene rings is 1. The maximum Gasteiger partial charge on any atom is 0.179 e. The van der Waals surface area contributed by atoms with Crippen molar-refractivity contribution in [1.82, 2.24) is 0 Å². The van der Waals surface area contributed by atoms with Gasteiger partial charge in [-0.1, -0.05) is 30.8 Å². The van der Waals surface area contributed by atoms with Crippen LogP contribution in [-0.4, -0.2) is 19.9 Å². The molecule has 0 saturated carbocycles. The quantitative estimate of drug-likeness (QED) is 0.745. The Kier molecular flexibility index (Phi) is 3.17. The minimum Gasteiger partial charge on any atom is -0.224 e. The minimum absolute atomic E-state index is 0.0480. The van der Waals surface area contributed by atoms with Gasteiger partial charge in [0.1, 0.15) is 0 Å². The zero-order valence-electron chi connectivity index (χ0n) is 6.43. The van der Waals surface area contributed by atoms with Crippen molar-refractivity contribution in [3.8, 4) is 0 Å². The Hall–Kier alpha value is -0.480. The molecule has 1 rings (SSSR count). The maximum atomic E-state index is 11.4. The number of sulfone groups is 1. The van der Waals surface area contributed by atoms with Crippen LogP contribution in [0.5, 0.6) is 0 Å². The van der Waals surface area contributed by atoms with Crippen LogP contribution in [0.1, 0.15) is 0 Å². The second-order valence-corrected chi connectivity index (χ2v) is 4.85. The lowest BCUT2D eigenvalue weighted by Gasteiger charge is -1.99. The molecule has 0 bridgehead atoms. The smallest absolute Gasteiger partial charge is 0.179 e. The van der Waals surface area contributed by atoms with Crippen molar-refractivity contribution in [2.24, 2.45) is 0 Å². The van der Waals surface area contributed by atoms with E-state index in [0.717, 1.165) is 0 Å². The van der Waals surface area contributed by atoms with Crippen molar-refractivity contribution < 1.29 is 8.42 Å². The molecule has 0 unspecified atom stereocenters. The van der Waals surface area contributed by atoms with E-state index in [2.05, 4.69) is 12.6 Å². The predicted octanol–water partition coefficient (Wildman–Crippen LogP) is 1.66. The number of rotatable bonds is 3. The monoisotopic (exact) mass is 201 g/mol. The number of hydrogen-bond donors (Lipinski definition) is 0. The molecule has 1 aromatic carbocycles. The third-order valence-electron chi connectivity index (χ3n) is 1.45. The van der Waals surface area contributed by atoms with Crippen molar-refractivity contribution in [3.05, 3.63) is 30.3 Å². The van der Waals surface area contributed by atoms with Gasteiger partial charge < -0.3 is 0 Å². The van der Waals surface area contributed by atoms with Crippen LogP contribution in [0.4, 0.5) is 0 Å². The lowest BCUT2D eigenvalue weighted by Crippen LogP contribution is -2.07. The van der Waals surface area contributed by atoms with E-state index in [9.17, 15) is 8.42 Å². The Morgan fingerprint density at radius 2 is 1.75 bits per heavy atom. The van der Waals surface area contributed by atoms with Gasteiger partial charge in [-0.3, -0.25) is 0 Å². The Labute approximate surface area is 77.9 Å². The van der Waals surface area contributed by atoms with Crippen molar-refractivity contribution >= 4 is 22.5 Å². The molecule has 0 heterocycles. The Balaban J connectivity index is 2.99. The molecule has 0 aliphatic rings. The molecule has 1 radical (unpaired) electrons. The van der Waals surface area contributed by atoms with Gasteiger partial charge in [-0.2, -0.15) is 0 Å². The fourth-order valence-corrected chi connectivity index (χ4v) is 2.54. The van der Waals surface area contributed by atoms with Crippen LogP contribution in [0.25, 0.3) is 0 Å². The van der Waals surface area contributed by atoms with Crippen LogP contribution >= 0.6 is 12.6 Å². The zero-order chi connectivity index (χ0) is 9.03. The van der Waals surface area contributed by atoms with E-state index in [0.29, 0.717) is 4.90 Å². The van der Waals surface area contributed by atoms with E-state index >= 15 is 0 Å². The molecule has 0 fully saturated rings. The fraction of sp³-hybridized carbons (Fsp3) is 0.250. The Morgan fingerprint density at radius 3 is 2.25 bits per heavy atom. The molecule has 0 aromatic heterocycles. The summed E-state index contributed by atoms with van der Waals surface area (Å²) >= 11 is 4.62. The highest BCUT2D eigenvalue weighted by Gasteiger charge is 2.11. The molecule has 0 aliphatic heterocycles. The summed E-state index contributed by atoms with van der Waals surface area (Å²) in [5, 5.41) is 0. The van der Waals surface area contributed by atoms with E-state index in [1.54, 1.807) is 30.3 Å². The van der Waals surface area contributed by atoms with Gasteiger partial charge in [-0.05, 0) is 12.1 Å². The van der Waals surface area contributed by atoms with E-state index in [1.165, 1.54) is 0 Å². The molecule has 12 heavy (non-hydrogen) atoms. The van der Waals surface area contributed by atoms with Gasteiger partial charge in [0.05, 0.1) is 10.6 Å². The topological polar surface area (TPSA) is 34.1 Å². The molecular weight excluding hydrogens is 192 g/mol. The molecule has 0 N–H and O–H groups in total. The van der Waals surface area contributed by atoms with Crippen LogP contribution in [0.15, 0.2) is 35.2 Å². The van der Waals surface area contributed by atoms with Crippen molar-refractivity contribution in [1.29, 1.82) is 0 Å².